The van der Waals surface area contributed by atoms with E-state index in [0.717, 1.165) is 29.9 Å². The Morgan fingerprint density at radius 2 is 2.12 bits per heavy atom. The van der Waals surface area contributed by atoms with Crippen LogP contribution in [-0.2, 0) is 11.3 Å². The number of piperidine rings is 1. The molecule has 26 heavy (non-hydrogen) atoms. The Bertz CT molecular complexity index is 764. The van der Waals surface area contributed by atoms with E-state index in [9.17, 15) is 18.0 Å². The number of likely N-dealkylation sites (tertiary alicyclic amines) is 1. The lowest BCUT2D eigenvalue weighted by atomic mass is 10.1. The quantitative estimate of drug-likeness (QED) is 0.875. The van der Waals surface area contributed by atoms with Crippen LogP contribution in [0.2, 0.25) is 0 Å². The second-order valence-electron chi connectivity index (χ2n) is 6.22. The van der Waals surface area contributed by atoms with Gasteiger partial charge in [-0.15, -0.1) is 0 Å². The molecule has 7 nitrogen and oxygen atoms in total. The van der Waals surface area contributed by atoms with E-state index in [1.165, 1.54) is 6.07 Å². The molecule has 0 saturated carbocycles. The van der Waals surface area contributed by atoms with Gasteiger partial charge in [0.2, 0.25) is 11.9 Å². The molecule has 0 aliphatic carbocycles. The van der Waals surface area contributed by atoms with Crippen molar-refractivity contribution in [2.75, 3.05) is 18.4 Å². The Morgan fingerprint density at radius 3 is 2.81 bits per heavy atom. The highest BCUT2D eigenvalue weighted by atomic mass is 19.3. The molecule has 140 valence electrons. The van der Waals surface area contributed by atoms with E-state index < -0.39 is 12.2 Å². The minimum atomic E-state index is -2.68. The summed E-state index contributed by atoms with van der Waals surface area (Å²) < 4.78 is 40.0. The first-order chi connectivity index (χ1) is 12.4. The van der Waals surface area contributed by atoms with Crippen LogP contribution in [0, 0.1) is 12.7 Å². The first kappa shape index (κ1) is 18.2. The molecule has 1 aliphatic heterocycles. The molecule has 10 heteroatoms. The minimum Gasteiger partial charge on any atom is -0.350 e. The van der Waals surface area contributed by atoms with E-state index in [0.29, 0.717) is 18.8 Å². The van der Waals surface area contributed by atoms with Crippen LogP contribution in [0.1, 0.15) is 30.7 Å². The van der Waals surface area contributed by atoms with Crippen molar-refractivity contribution in [1.29, 1.82) is 0 Å². The summed E-state index contributed by atoms with van der Waals surface area (Å²) >= 11 is 0. The fourth-order valence-corrected chi connectivity index (χ4v) is 2.99. The molecule has 1 atom stereocenters. The lowest BCUT2D eigenvalue weighted by Gasteiger charge is -2.33. The van der Waals surface area contributed by atoms with Crippen molar-refractivity contribution in [3.8, 4) is 0 Å². The molecule has 0 bridgehead atoms. The summed E-state index contributed by atoms with van der Waals surface area (Å²) in [4.78, 5) is 21.8. The summed E-state index contributed by atoms with van der Waals surface area (Å²) in [6.45, 7) is 2.32. The summed E-state index contributed by atoms with van der Waals surface area (Å²) in [7, 11) is 0. The number of hydrogen-bond donors (Lipinski definition) is 1. The molecule has 3 heterocycles. The van der Waals surface area contributed by atoms with Gasteiger partial charge in [-0.2, -0.15) is 5.10 Å². The van der Waals surface area contributed by atoms with Crippen molar-refractivity contribution in [1.82, 2.24) is 24.6 Å². The van der Waals surface area contributed by atoms with Crippen molar-refractivity contribution >= 4 is 11.9 Å². The van der Waals surface area contributed by atoms with Crippen molar-refractivity contribution in [3.05, 3.63) is 35.7 Å². The van der Waals surface area contributed by atoms with Gasteiger partial charge < -0.3 is 10.2 Å². The van der Waals surface area contributed by atoms with Gasteiger partial charge in [-0.25, -0.2) is 23.1 Å². The average Bonchev–Trinajstić information content (AvgIpc) is 2.98. The second kappa shape index (κ2) is 7.71. The van der Waals surface area contributed by atoms with E-state index in [1.54, 1.807) is 11.8 Å². The van der Waals surface area contributed by atoms with Gasteiger partial charge in [0, 0.05) is 19.1 Å². The van der Waals surface area contributed by atoms with Gasteiger partial charge in [0.25, 0.3) is 6.43 Å². The van der Waals surface area contributed by atoms with E-state index in [1.807, 2.05) is 0 Å². The number of aryl methyl sites for hydroxylation is 1. The lowest BCUT2D eigenvalue weighted by Crippen LogP contribution is -2.46. The number of nitrogens with zero attached hydrogens (tertiary/aromatic N) is 5. The standard InChI is InChI=1S/C16H19F3N6O/c1-10-5-13(15(18)19)25(23-10)9-14(26)24-4-2-3-12(8-24)22-16-20-6-11(17)7-21-16/h5-7,12,15H,2-4,8-9H2,1H3,(H,20,21,22)/t12-/m0/s1. The number of carbonyl (C=O) groups excluding carboxylic acids is 1. The number of amides is 1. The molecule has 0 radical (unpaired) electrons. The molecule has 2 aromatic heterocycles. The van der Waals surface area contributed by atoms with Crippen LogP contribution in [0.3, 0.4) is 0 Å². The highest BCUT2D eigenvalue weighted by Crippen LogP contribution is 2.20. The van der Waals surface area contributed by atoms with Crippen LogP contribution in [0.15, 0.2) is 18.5 Å². The average molecular weight is 368 g/mol. The molecule has 1 amide bonds. The van der Waals surface area contributed by atoms with Gasteiger partial charge >= 0.3 is 0 Å². The monoisotopic (exact) mass is 368 g/mol. The highest BCUT2D eigenvalue weighted by molar-refractivity contribution is 5.76. The van der Waals surface area contributed by atoms with Crippen molar-refractivity contribution in [3.63, 3.8) is 0 Å². The molecule has 0 unspecified atom stereocenters. The normalized spacial score (nSPS) is 17.6. The molecule has 1 saturated heterocycles. The number of halogens is 3. The van der Waals surface area contributed by atoms with Gasteiger partial charge in [-0.05, 0) is 25.8 Å². The van der Waals surface area contributed by atoms with Gasteiger partial charge in [0.05, 0.1) is 18.1 Å². The predicted octanol–water partition coefficient (Wildman–Crippen LogP) is 2.16. The van der Waals surface area contributed by atoms with E-state index in [2.05, 4.69) is 20.4 Å². The highest BCUT2D eigenvalue weighted by Gasteiger charge is 2.26. The number of hydrogen-bond acceptors (Lipinski definition) is 5. The van der Waals surface area contributed by atoms with Gasteiger partial charge in [0.1, 0.15) is 12.2 Å². The zero-order valence-corrected chi connectivity index (χ0v) is 14.2. The first-order valence-corrected chi connectivity index (χ1v) is 8.26. The smallest absolute Gasteiger partial charge is 0.280 e. The Hall–Kier alpha value is -2.65. The van der Waals surface area contributed by atoms with E-state index in [4.69, 9.17) is 0 Å². The van der Waals surface area contributed by atoms with Crippen molar-refractivity contribution in [2.24, 2.45) is 0 Å². The molecule has 2 aromatic rings. The van der Waals surface area contributed by atoms with Crippen LogP contribution in [-0.4, -0.2) is 49.7 Å². The topological polar surface area (TPSA) is 75.9 Å². The molecular formula is C16H19F3N6O. The Kier molecular flexibility index (Phi) is 5.38. The third-order valence-corrected chi connectivity index (χ3v) is 4.17. The molecule has 1 aliphatic rings. The molecule has 3 rings (SSSR count). The van der Waals surface area contributed by atoms with Gasteiger partial charge in [-0.3, -0.25) is 9.48 Å². The predicted molar refractivity (Wildman–Crippen MR) is 87.1 cm³/mol. The maximum atomic E-state index is 13.0. The summed E-state index contributed by atoms with van der Waals surface area (Å²) in [5.74, 6) is -0.518. The van der Waals surface area contributed by atoms with Crippen LogP contribution in [0.25, 0.3) is 0 Å². The SMILES string of the molecule is Cc1cc(C(F)F)n(CC(=O)N2CCC[C@H](Nc3ncc(F)cn3)C2)n1. The zero-order valence-electron chi connectivity index (χ0n) is 14.2. The Balaban J connectivity index is 1.62. The fraction of sp³-hybridized carbons (Fsp3) is 0.500. The molecule has 1 fully saturated rings. The van der Waals surface area contributed by atoms with E-state index in [-0.39, 0.29) is 30.1 Å². The van der Waals surface area contributed by atoms with Crippen molar-refractivity contribution in [2.45, 2.75) is 38.8 Å². The number of alkyl halides is 2. The number of rotatable bonds is 5. The number of nitrogens with one attached hydrogen (secondary N) is 1. The largest absolute Gasteiger partial charge is 0.350 e. The lowest BCUT2D eigenvalue weighted by molar-refractivity contribution is -0.133. The number of anilines is 1. The van der Waals surface area contributed by atoms with Crippen LogP contribution < -0.4 is 5.32 Å². The Labute approximate surface area is 148 Å². The van der Waals surface area contributed by atoms with Crippen molar-refractivity contribution < 1.29 is 18.0 Å². The first-order valence-electron chi connectivity index (χ1n) is 8.26. The summed E-state index contributed by atoms with van der Waals surface area (Å²) in [5.41, 5.74) is 0.182. The molecule has 0 aromatic carbocycles. The summed E-state index contributed by atoms with van der Waals surface area (Å²) in [6, 6.07) is 1.19. The van der Waals surface area contributed by atoms with Gasteiger partial charge in [-0.1, -0.05) is 0 Å². The van der Waals surface area contributed by atoms with Crippen LogP contribution in [0.5, 0.6) is 0 Å². The minimum absolute atomic E-state index is 0.0907. The van der Waals surface area contributed by atoms with Crippen LogP contribution in [0.4, 0.5) is 19.1 Å². The summed E-state index contributed by atoms with van der Waals surface area (Å²) in [5, 5.41) is 7.05. The van der Waals surface area contributed by atoms with E-state index >= 15 is 0 Å². The van der Waals surface area contributed by atoms with Gasteiger partial charge in [0.15, 0.2) is 5.82 Å². The van der Waals surface area contributed by atoms with Crippen LogP contribution >= 0.6 is 0 Å². The molecule has 0 spiro atoms. The third kappa shape index (κ3) is 4.30. The maximum Gasteiger partial charge on any atom is 0.280 e. The number of aromatic nitrogens is 4. The third-order valence-electron chi connectivity index (χ3n) is 4.17. The number of carbonyl (C=O) groups is 1. The summed E-state index contributed by atoms with van der Waals surface area (Å²) in [6.07, 6.45) is 0.994. The Morgan fingerprint density at radius 1 is 1.38 bits per heavy atom. The second-order valence-corrected chi connectivity index (χ2v) is 6.22. The zero-order chi connectivity index (χ0) is 18.7. The fourth-order valence-electron chi connectivity index (χ4n) is 2.99. The maximum absolute atomic E-state index is 13.0. The molecular weight excluding hydrogens is 349 g/mol. The molecule has 1 N–H and O–H groups in total.